The molecule has 1 aliphatic heterocycles. The van der Waals surface area contributed by atoms with E-state index in [0.717, 1.165) is 44.6 Å². The van der Waals surface area contributed by atoms with Crippen LogP contribution in [0.1, 0.15) is 44.2 Å². The van der Waals surface area contributed by atoms with Crippen LogP contribution in [0.5, 0.6) is 0 Å². The van der Waals surface area contributed by atoms with Gasteiger partial charge in [0.05, 0.1) is 5.60 Å². The van der Waals surface area contributed by atoms with Crippen molar-refractivity contribution in [3.63, 3.8) is 0 Å². The first kappa shape index (κ1) is 17.3. The van der Waals surface area contributed by atoms with Gasteiger partial charge in [0.2, 0.25) is 5.95 Å². The van der Waals surface area contributed by atoms with E-state index in [1.807, 2.05) is 0 Å². The predicted molar refractivity (Wildman–Crippen MR) is 85.2 cm³/mol. The standard InChI is InChI=1S/C16H23F3N4O/c1-23(2)13-9-12(16(17,18)19)21-14(22-13)20-11-5-8-24-15(10-11)6-3-4-7-15/h9,11H,3-8,10H2,1-2H3,(H,20,21,22). The van der Waals surface area contributed by atoms with Crippen LogP contribution in [-0.2, 0) is 10.9 Å². The number of halogens is 3. The van der Waals surface area contributed by atoms with Gasteiger partial charge in [-0.15, -0.1) is 0 Å². The fourth-order valence-electron chi connectivity index (χ4n) is 3.57. The SMILES string of the molecule is CN(C)c1cc(C(F)(F)F)nc(NC2CCOC3(CCCC3)C2)n1. The van der Waals surface area contributed by atoms with Crippen LogP contribution in [0.3, 0.4) is 0 Å². The van der Waals surface area contributed by atoms with Crippen molar-refractivity contribution in [3.8, 4) is 0 Å². The van der Waals surface area contributed by atoms with Gasteiger partial charge < -0.3 is 15.0 Å². The molecule has 3 rings (SSSR count). The van der Waals surface area contributed by atoms with Crippen molar-refractivity contribution in [1.82, 2.24) is 9.97 Å². The fraction of sp³-hybridized carbons (Fsp3) is 0.750. The van der Waals surface area contributed by atoms with Crippen LogP contribution in [0.25, 0.3) is 0 Å². The van der Waals surface area contributed by atoms with Crippen LogP contribution < -0.4 is 10.2 Å². The summed E-state index contributed by atoms with van der Waals surface area (Å²) in [5, 5.41) is 3.11. The Kier molecular flexibility index (Phi) is 4.59. The van der Waals surface area contributed by atoms with Gasteiger partial charge in [0.15, 0.2) is 5.69 Å². The molecule has 2 aliphatic rings. The lowest BCUT2D eigenvalue weighted by molar-refractivity contribution is -0.141. The minimum atomic E-state index is -4.49. The van der Waals surface area contributed by atoms with E-state index in [1.165, 1.54) is 0 Å². The lowest BCUT2D eigenvalue weighted by Gasteiger charge is -2.38. The van der Waals surface area contributed by atoms with Crippen molar-refractivity contribution in [2.24, 2.45) is 0 Å². The van der Waals surface area contributed by atoms with Gasteiger partial charge >= 0.3 is 6.18 Å². The van der Waals surface area contributed by atoms with Crippen molar-refractivity contribution in [2.45, 2.75) is 56.3 Å². The van der Waals surface area contributed by atoms with Gasteiger partial charge in [-0.1, -0.05) is 12.8 Å². The molecule has 2 heterocycles. The highest BCUT2D eigenvalue weighted by molar-refractivity contribution is 5.44. The highest BCUT2D eigenvalue weighted by Gasteiger charge is 2.40. The Labute approximate surface area is 139 Å². The summed E-state index contributed by atoms with van der Waals surface area (Å²) in [6, 6.07) is 1.00. The van der Waals surface area contributed by atoms with Gasteiger partial charge in [-0.2, -0.15) is 18.2 Å². The number of anilines is 2. The molecule has 0 amide bonds. The number of hydrogen-bond acceptors (Lipinski definition) is 5. The van der Waals surface area contributed by atoms with Gasteiger partial charge in [-0.3, -0.25) is 0 Å². The van der Waals surface area contributed by atoms with E-state index in [-0.39, 0.29) is 23.4 Å². The molecular formula is C16H23F3N4O. The van der Waals surface area contributed by atoms with Crippen molar-refractivity contribution >= 4 is 11.8 Å². The molecule has 5 nitrogen and oxygen atoms in total. The van der Waals surface area contributed by atoms with Crippen LogP contribution in [0, 0.1) is 0 Å². The summed E-state index contributed by atoms with van der Waals surface area (Å²) in [7, 11) is 3.32. The molecule has 1 aromatic rings. The van der Waals surface area contributed by atoms with Crippen LogP contribution in [0.2, 0.25) is 0 Å². The average molecular weight is 344 g/mol. The molecule has 0 aromatic carbocycles. The highest BCUT2D eigenvalue weighted by Crippen LogP contribution is 2.40. The third kappa shape index (κ3) is 3.74. The minimum Gasteiger partial charge on any atom is -0.375 e. The zero-order chi connectivity index (χ0) is 17.4. The van der Waals surface area contributed by atoms with Gasteiger partial charge in [-0.05, 0) is 25.7 Å². The largest absolute Gasteiger partial charge is 0.433 e. The molecule has 1 aliphatic carbocycles. The molecule has 1 spiro atoms. The molecule has 1 unspecified atom stereocenters. The quantitative estimate of drug-likeness (QED) is 0.910. The van der Waals surface area contributed by atoms with E-state index in [1.54, 1.807) is 19.0 Å². The maximum Gasteiger partial charge on any atom is 0.433 e. The first-order valence-electron chi connectivity index (χ1n) is 8.32. The van der Waals surface area contributed by atoms with E-state index in [2.05, 4.69) is 15.3 Å². The lowest BCUT2D eigenvalue weighted by atomic mass is 9.89. The van der Waals surface area contributed by atoms with Crippen LogP contribution in [-0.4, -0.2) is 42.3 Å². The molecule has 1 saturated heterocycles. The normalized spacial score (nSPS) is 23.5. The molecule has 0 radical (unpaired) electrons. The van der Waals surface area contributed by atoms with Crippen LogP contribution >= 0.6 is 0 Å². The Balaban J connectivity index is 1.79. The summed E-state index contributed by atoms with van der Waals surface area (Å²) in [6.45, 7) is 0.622. The molecule has 1 N–H and O–H groups in total. The highest BCUT2D eigenvalue weighted by atomic mass is 19.4. The first-order chi connectivity index (χ1) is 11.3. The summed E-state index contributed by atoms with van der Waals surface area (Å²) in [5.41, 5.74) is -1.03. The Bertz CT molecular complexity index is 585. The zero-order valence-corrected chi connectivity index (χ0v) is 14.0. The lowest BCUT2D eigenvalue weighted by Crippen LogP contribution is -2.42. The summed E-state index contributed by atoms with van der Waals surface area (Å²) in [4.78, 5) is 9.45. The molecule has 134 valence electrons. The van der Waals surface area contributed by atoms with Crippen molar-refractivity contribution in [1.29, 1.82) is 0 Å². The van der Waals surface area contributed by atoms with E-state index < -0.39 is 11.9 Å². The maximum atomic E-state index is 13.1. The molecule has 1 saturated carbocycles. The van der Waals surface area contributed by atoms with E-state index in [4.69, 9.17) is 4.74 Å². The average Bonchev–Trinajstić information content (AvgIpc) is 2.93. The number of nitrogens with zero attached hydrogens (tertiary/aromatic N) is 3. The second kappa shape index (κ2) is 6.38. The monoisotopic (exact) mass is 344 g/mol. The number of rotatable bonds is 3. The van der Waals surface area contributed by atoms with E-state index in [0.29, 0.717) is 6.61 Å². The van der Waals surface area contributed by atoms with Crippen molar-refractivity contribution in [2.75, 3.05) is 30.9 Å². The second-order valence-electron chi connectivity index (χ2n) is 6.90. The Morgan fingerprint density at radius 2 is 1.96 bits per heavy atom. The van der Waals surface area contributed by atoms with Crippen molar-refractivity contribution in [3.05, 3.63) is 11.8 Å². The molecule has 1 aromatic heterocycles. The smallest absolute Gasteiger partial charge is 0.375 e. The number of hydrogen-bond donors (Lipinski definition) is 1. The molecule has 24 heavy (non-hydrogen) atoms. The summed E-state index contributed by atoms with van der Waals surface area (Å²) >= 11 is 0. The number of ether oxygens (including phenoxy) is 1. The summed E-state index contributed by atoms with van der Waals surface area (Å²) in [6.07, 6.45) is 1.40. The number of alkyl halides is 3. The van der Waals surface area contributed by atoms with Gasteiger partial charge in [0.25, 0.3) is 0 Å². The van der Waals surface area contributed by atoms with Crippen LogP contribution in [0.15, 0.2) is 6.07 Å². The van der Waals surface area contributed by atoms with E-state index >= 15 is 0 Å². The van der Waals surface area contributed by atoms with E-state index in [9.17, 15) is 13.2 Å². The molecule has 2 fully saturated rings. The first-order valence-corrected chi connectivity index (χ1v) is 8.32. The molecule has 0 bridgehead atoms. The molecule has 1 atom stereocenters. The summed E-state index contributed by atoms with van der Waals surface area (Å²) in [5.74, 6) is 0.274. The Morgan fingerprint density at radius 3 is 2.58 bits per heavy atom. The Morgan fingerprint density at radius 1 is 1.25 bits per heavy atom. The predicted octanol–water partition coefficient (Wildman–Crippen LogP) is 3.47. The third-order valence-electron chi connectivity index (χ3n) is 4.80. The molecule has 8 heteroatoms. The second-order valence-corrected chi connectivity index (χ2v) is 6.90. The number of nitrogens with one attached hydrogen (secondary N) is 1. The van der Waals surface area contributed by atoms with Gasteiger partial charge in [0.1, 0.15) is 5.82 Å². The summed E-state index contributed by atoms with van der Waals surface area (Å²) < 4.78 is 45.2. The van der Waals surface area contributed by atoms with Gasteiger partial charge in [0, 0.05) is 32.8 Å². The minimum absolute atomic E-state index is 0.0357. The fourth-order valence-corrected chi connectivity index (χ4v) is 3.57. The Hall–Kier alpha value is -1.57. The number of aromatic nitrogens is 2. The molecular weight excluding hydrogens is 321 g/mol. The van der Waals surface area contributed by atoms with Crippen LogP contribution in [0.4, 0.5) is 24.9 Å². The van der Waals surface area contributed by atoms with Gasteiger partial charge in [-0.25, -0.2) is 4.98 Å². The third-order valence-corrected chi connectivity index (χ3v) is 4.80. The topological polar surface area (TPSA) is 50.3 Å². The van der Waals surface area contributed by atoms with Crippen molar-refractivity contribution < 1.29 is 17.9 Å². The zero-order valence-electron chi connectivity index (χ0n) is 14.0. The maximum absolute atomic E-state index is 13.1.